The van der Waals surface area contributed by atoms with Crippen LogP contribution in [0.2, 0.25) is 0 Å². The van der Waals surface area contributed by atoms with Gasteiger partial charge in [-0.05, 0) is 37.1 Å². The second-order valence-corrected chi connectivity index (χ2v) is 6.74. The maximum Gasteiger partial charge on any atom is 0.350 e. The minimum Gasteiger partial charge on any atom is -0.339 e. The molecule has 0 atom stereocenters. The van der Waals surface area contributed by atoms with Gasteiger partial charge in [-0.15, -0.1) is 0 Å². The molecule has 0 bridgehead atoms. The Balaban J connectivity index is 1.55. The maximum absolute atomic E-state index is 12.6. The van der Waals surface area contributed by atoms with E-state index in [2.05, 4.69) is 10.1 Å². The number of aryl methyl sites for hydroxylation is 1. The van der Waals surface area contributed by atoms with Crippen molar-refractivity contribution in [2.24, 2.45) is 7.05 Å². The second kappa shape index (κ2) is 7.19. The molecule has 0 N–H and O–H groups in total. The summed E-state index contributed by atoms with van der Waals surface area (Å²) >= 11 is 0. The van der Waals surface area contributed by atoms with Crippen LogP contribution in [0.15, 0.2) is 59.7 Å². The normalized spacial score (nSPS) is 15.1. The summed E-state index contributed by atoms with van der Waals surface area (Å²) in [4.78, 5) is 31.1. The molecule has 0 aliphatic carbocycles. The lowest BCUT2D eigenvalue weighted by atomic mass is 9.95. The molecule has 0 unspecified atom stereocenters. The van der Waals surface area contributed by atoms with Gasteiger partial charge in [0.25, 0.3) is 5.91 Å². The molecule has 1 aliphatic heterocycles. The van der Waals surface area contributed by atoms with Crippen LogP contribution in [0.5, 0.6) is 0 Å². The molecule has 7 nitrogen and oxygen atoms in total. The number of rotatable bonds is 3. The molecule has 1 aromatic carbocycles. The number of piperidine rings is 1. The van der Waals surface area contributed by atoms with Crippen molar-refractivity contribution < 1.29 is 4.79 Å². The van der Waals surface area contributed by atoms with E-state index in [9.17, 15) is 9.59 Å². The summed E-state index contributed by atoms with van der Waals surface area (Å²) in [6.07, 6.45) is 4.80. The lowest BCUT2D eigenvalue weighted by Crippen LogP contribution is -2.38. The highest BCUT2D eigenvalue weighted by molar-refractivity contribution is 5.93. The highest BCUT2D eigenvalue weighted by Crippen LogP contribution is 2.28. The molecule has 27 heavy (non-hydrogen) atoms. The van der Waals surface area contributed by atoms with E-state index in [0.29, 0.717) is 18.7 Å². The zero-order chi connectivity index (χ0) is 18.8. The molecule has 3 aromatic rings. The van der Waals surface area contributed by atoms with Gasteiger partial charge in [0.15, 0.2) is 0 Å². The Morgan fingerprint density at radius 1 is 1.07 bits per heavy atom. The molecular formula is C20H21N5O2. The fourth-order valence-electron chi connectivity index (χ4n) is 3.58. The molecular weight excluding hydrogens is 342 g/mol. The van der Waals surface area contributed by atoms with Crippen LogP contribution < -0.4 is 5.69 Å². The molecule has 2 aromatic heterocycles. The van der Waals surface area contributed by atoms with E-state index in [0.717, 1.165) is 24.4 Å². The molecule has 0 saturated carbocycles. The van der Waals surface area contributed by atoms with E-state index in [4.69, 9.17) is 0 Å². The lowest BCUT2D eigenvalue weighted by molar-refractivity contribution is 0.0710. The summed E-state index contributed by atoms with van der Waals surface area (Å²) in [7, 11) is 1.67. The van der Waals surface area contributed by atoms with Gasteiger partial charge in [-0.25, -0.2) is 14.0 Å². The Morgan fingerprint density at radius 3 is 2.48 bits per heavy atom. The monoisotopic (exact) mass is 363 g/mol. The highest BCUT2D eigenvalue weighted by atomic mass is 16.2. The standard InChI is InChI=1S/C20H21N5O2/c1-23-20(27)25(17-7-3-2-4-8-17)18(22-23)15-9-12-24(13-10-15)19(26)16-6-5-11-21-14-16/h2-8,11,14-15H,9-10,12-13H2,1H3. The number of hydrogen-bond donors (Lipinski definition) is 0. The first kappa shape index (κ1) is 17.2. The van der Waals surface area contributed by atoms with Crippen molar-refractivity contribution in [2.75, 3.05) is 13.1 Å². The van der Waals surface area contributed by atoms with Crippen LogP contribution in [0.4, 0.5) is 0 Å². The van der Waals surface area contributed by atoms with Gasteiger partial charge in [0.2, 0.25) is 0 Å². The smallest absolute Gasteiger partial charge is 0.339 e. The van der Waals surface area contributed by atoms with E-state index in [1.807, 2.05) is 35.2 Å². The van der Waals surface area contributed by atoms with Gasteiger partial charge in [0.05, 0.1) is 11.3 Å². The van der Waals surface area contributed by atoms with Crippen molar-refractivity contribution in [3.63, 3.8) is 0 Å². The molecule has 3 heterocycles. The van der Waals surface area contributed by atoms with E-state index in [-0.39, 0.29) is 17.5 Å². The van der Waals surface area contributed by atoms with Crippen LogP contribution in [0.3, 0.4) is 0 Å². The summed E-state index contributed by atoms with van der Waals surface area (Å²) in [6, 6.07) is 13.1. The second-order valence-electron chi connectivity index (χ2n) is 6.74. The van der Waals surface area contributed by atoms with Gasteiger partial charge in [-0.2, -0.15) is 5.10 Å². The van der Waals surface area contributed by atoms with E-state index < -0.39 is 0 Å². The molecule has 0 radical (unpaired) electrons. The van der Waals surface area contributed by atoms with E-state index >= 15 is 0 Å². The van der Waals surface area contributed by atoms with E-state index in [1.165, 1.54) is 4.68 Å². The fourth-order valence-corrected chi connectivity index (χ4v) is 3.58. The van der Waals surface area contributed by atoms with Crippen molar-refractivity contribution >= 4 is 5.91 Å². The number of hydrogen-bond acceptors (Lipinski definition) is 4. The summed E-state index contributed by atoms with van der Waals surface area (Å²) in [6.45, 7) is 1.27. The Hall–Kier alpha value is -3.22. The van der Waals surface area contributed by atoms with Gasteiger partial charge < -0.3 is 4.90 Å². The number of pyridine rings is 1. The molecule has 0 spiro atoms. The molecule has 138 valence electrons. The number of aromatic nitrogens is 4. The van der Waals surface area contributed by atoms with Crippen LogP contribution >= 0.6 is 0 Å². The van der Waals surface area contributed by atoms with Crippen molar-refractivity contribution in [3.05, 3.63) is 76.7 Å². The van der Waals surface area contributed by atoms with Crippen LogP contribution in [0, 0.1) is 0 Å². The van der Waals surface area contributed by atoms with Crippen LogP contribution in [-0.4, -0.2) is 43.2 Å². The summed E-state index contributed by atoms with van der Waals surface area (Å²) < 4.78 is 3.07. The molecule has 1 fully saturated rings. The van der Waals surface area contributed by atoms with E-state index in [1.54, 1.807) is 36.1 Å². The first-order valence-electron chi connectivity index (χ1n) is 9.06. The number of likely N-dealkylation sites (tertiary alicyclic amines) is 1. The Morgan fingerprint density at radius 2 is 1.81 bits per heavy atom. The average molecular weight is 363 g/mol. The maximum atomic E-state index is 12.6. The number of carbonyl (C=O) groups is 1. The number of benzene rings is 1. The van der Waals surface area contributed by atoms with Gasteiger partial charge in [-0.3, -0.25) is 9.78 Å². The predicted molar refractivity (Wildman–Crippen MR) is 101 cm³/mol. The number of carbonyl (C=O) groups excluding carboxylic acids is 1. The number of nitrogens with zero attached hydrogens (tertiary/aromatic N) is 5. The molecule has 7 heteroatoms. The summed E-state index contributed by atoms with van der Waals surface area (Å²) in [5.41, 5.74) is 1.28. The SMILES string of the molecule is Cn1nc(C2CCN(C(=O)c3cccnc3)CC2)n(-c2ccccc2)c1=O. The first-order valence-corrected chi connectivity index (χ1v) is 9.06. The largest absolute Gasteiger partial charge is 0.350 e. The minimum absolute atomic E-state index is 0.00280. The Labute approximate surface area is 156 Å². The van der Waals surface area contributed by atoms with Crippen molar-refractivity contribution in [2.45, 2.75) is 18.8 Å². The molecule has 1 amide bonds. The molecule has 4 rings (SSSR count). The summed E-state index contributed by atoms with van der Waals surface area (Å²) in [5.74, 6) is 0.905. The first-order chi connectivity index (χ1) is 13.1. The average Bonchev–Trinajstić information content (AvgIpc) is 3.03. The number of para-hydroxylation sites is 1. The lowest BCUT2D eigenvalue weighted by Gasteiger charge is -2.31. The third-order valence-electron chi connectivity index (χ3n) is 5.02. The zero-order valence-corrected chi connectivity index (χ0v) is 15.2. The third kappa shape index (κ3) is 3.28. The molecule has 1 aliphatic rings. The van der Waals surface area contributed by atoms with Crippen LogP contribution in [0.25, 0.3) is 5.69 Å². The van der Waals surface area contributed by atoms with Crippen LogP contribution in [-0.2, 0) is 7.05 Å². The number of amides is 1. The minimum atomic E-state index is -0.148. The van der Waals surface area contributed by atoms with Crippen LogP contribution in [0.1, 0.15) is 34.9 Å². The predicted octanol–water partition coefficient (Wildman–Crippen LogP) is 1.99. The third-order valence-corrected chi connectivity index (χ3v) is 5.02. The highest BCUT2D eigenvalue weighted by Gasteiger charge is 2.29. The zero-order valence-electron chi connectivity index (χ0n) is 15.2. The van der Waals surface area contributed by atoms with Gasteiger partial charge in [-0.1, -0.05) is 18.2 Å². The fraction of sp³-hybridized carbons (Fsp3) is 0.300. The van der Waals surface area contributed by atoms with Gasteiger partial charge in [0, 0.05) is 38.4 Å². The molecule has 1 saturated heterocycles. The van der Waals surface area contributed by atoms with Crippen molar-refractivity contribution in [1.82, 2.24) is 24.2 Å². The summed E-state index contributed by atoms with van der Waals surface area (Å²) in [5, 5.41) is 4.49. The Bertz CT molecular complexity index is 986. The van der Waals surface area contributed by atoms with Crippen molar-refractivity contribution in [3.8, 4) is 5.69 Å². The van der Waals surface area contributed by atoms with Crippen molar-refractivity contribution in [1.29, 1.82) is 0 Å². The van der Waals surface area contributed by atoms with Gasteiger partial charge in [0.1, 0.15) is 5.82 Å². The van der Waals surface area contributed by atoms with Gasteiger partial charge >= 0.3 is 5.69 Å². The Kier molecular flexibility index (Phi) is 4.58. The topological polar surface area (TPSA) is 73.0 Å². The quantitative estimate of drug-likeness (QED) is 0.713.